The standard InChI is InChI=1S/C16H26N2O/c1-13(2)15-7-3-4-8-16(15)18-10-5-6-14(12-18)17-9-11-19/h3-4,7-8,13-14,17,19H,5-6,9-12H2,1-2H3. The maximum absolute atomic E-state index is 8.92. The quantitative estimate of drug-likeness (QED) is 0.855. The van der Waals surface area contributed by atoms with Crippen LogP contribution < -0.4 is 10.2 Å². The van der Waals surface area contributed by atoms with E-state index in [2.05, 4.69) is 48.3 Å². The Balaban J connectivity index is 2.08. The van der Waals surface area contributed by atoms with Gasteiger partial charge in [0.1, 0.15) is 0 Å². The van der Waals surface area contributed by atoms with Crippen LogP contribution in [-0.2, 0) is 0 Å². The average Bonchev–Trinajstić information content (AvgIpc) is 2.45. The fourth-order valence-electron chi connectivity index (χ4n) is 2.89. The predicted molar refractivity (Wildman–Crippen MR) is 80.9 cm³/mol. The molecule has 1 unspecified atom stereocenters. The third-order valence-corrected chi connectivity index (χ3v) is 3.87. The molecule has 0 saturated carbocycles. The Bertz CT molecular complexity index is 392. The van der Waals surface area contributed by atoms with Gasteiger partial charge in [-0.2, -0.15) is 0 Å². The van der Waals surface area contributed by atoms with Crippen LogP contribution in [0.5, 0.6) is 0 Å². The van der Waals surface area contributed by atoms with E-state index < -0.39 is 0 Å². The molecular weight excluding hydrogens is 236 g/mol. The van der Waals surface area contributed by atoms with Gasteiger partial charge in [0.05, 0.1) is 6.61 Å². The minimum absolute atomic E-state index is 0.221. The first-order chi connectivity index (χ1) is 9.22. The molecule has 19 heavy (non-hydrogen) atoms. The molecule has 1 fully saturated rings. The van der Waals surface area contributed by atoms with E-state index in [-0.39, 0.29) is 6.61 Å². The van der Waals surface area contributed by atoms with Crippen LogP contribution in [0.4, 0.5) is 5.69 Å². The number of hydrogen-bond donors (Lipinski definition) is 2. The number of para-hydroxylation sites is 1. The van der Waals surface area contributed by atoms with Crippen molar-refractivity contribution >= 4 is 5.69 Å². The third-order valence-electron chi connectivity index (χ3n) is 3.87. The minimum atomic E-state index is 0.221. The Morgan fingerprint density at radius 1 is 1.37 bits per heavy atom. The zero-order chi connectivity index (χ0) is 13.7. The van der Waals surface area contributed by atoms with Crippen molar-refractivity contribution < 1.29 is 5.11 Å². The van der Waals surface area contributed by atoms with Crippen LogP contribution in [0.3, 0.4) is 0 Å². The van der Waals surface area contributed by atoms with E-state index in [0.717, 1.165) is 13.1 Å². The SMILES string of the molecule is CC(C)c1ccccc1N1CCCC(NCCO)C1. The van der Waals surface area contributed by atoms with Gasteiger partial charge < -0.3 is 15.3 Å². The zero-order valence-corrected chi connectivity index (χ0v) is 12.1. The molecule has 1 aromatic carbocycles. The molecule has 1 aromatic rings. The van der Waals surface area contributed by atoms with Crippen LogP contribution in [0, 0.1) is 0 Å². The first kappa shape index (κ1) is 14.4. The third kappa shape index (κ3) is 3.71. The molecule has 1 heterocycles. The van der Waals surface area contributed by atoms with Crippen molar-refractivity contribution in [2.24, 2.45) is 0 Å². The lowest BCUT2D eigenvalue weighted by Crippen LogP contribution is -2.46. The van der Waals surface area contributed by atoms with Crippen molar-refractivity contribution in [3.63, 3.8) is 0 Å². The van der Waals surface area contributed by atoms with Gasteiger partial charge >= 0.3 is 0 Å². The summed E-state index contributed by atoms with van der Waals surface area (Å²) in [5.74, 6) is 0.557. The molecule has 1 aliphatic heterocycles. The van der Waals surface area contributed by atoms with Gasteiger partial charge in [-0.1, -0.05) is 32.0 Å². The molecule has 1 saturated heterocycles. The van der Waals surface area contributed by atoms with Crippen LogP contribution in [0.15, 0.2) is 24.3 Å². The van der Waals surface area contributed by atoms with Gasteiger partial charge in [0.25, 0.3) is 0 Å². The molecule has 106 valence electrons. The minimum Gasteiger partial charge on any atom is -0.395 e. The fraction of sp³-hybridized carbons (Fsp3) is 0.625. The van der Waals surface area contributed by atoms with E-state index >= 15 is 0 Å². The molecular formula is C16H26N2O. The smallest absolute Gasteiger partial charge is 0.0556 e. The summed E-state index contributed by atoms with van der Waals surface area (Å²) in [4.78, 5) is 2.49. The second-order valence-electron chi connectivity index (χ2n) is 5.68. The predicted octanol–water partition coefficient (Wildman–Crippen LogP) is 2.36. The van der Waals surface area contributed by atoms with Gasteiger partial charge in [-0.3, -0.25) is 0 Å². The number of rotatable bonds is 5. The molecule has 2 N–H and O–H groups in total. The Kier molecular flexibility index (Phi) is 5.23. The molecule has 0 aromatic heterocycles. The van der Waals surface area contributed by atoms with Crippen LogP contribution in [-0.4, -0.2) is 37.4 Å². The maximum Gasteiger partial charge on any atom is 0.0556 e. The number of hydrogen-bond acceptors (Lipinski definition) is 3. The Morgan fingerprint density at radius 3 is 2.89 bits per heavy atom. The highest BCUT2D eigenvalue weighted by Gasteiger charge is 2.21. The summed E-state index contributed by atoms with van der Waals surface area (Å²) in [5.41, 5.74) is 2.82. The molecule has 0 bridgehead atoms. The van der Waals surface area contributed by atoms with E-state index in [1.807, 2.05) is 0 Å². The van der Waals surface area contributed by atoms with Gasteiger partial charge in [-0.05, 0) is 30.4 Å². The lowest BCUT2D eigenvalue weighted by molar-refractivity contribution is 0.278. The van der Waals surface area contributed by atoms with E-state index in [0.29, 0.717) is 18.5 Å². The number of anilines is 1. The highest BCUT2D eigenvalue weighted by molar-refractivity contribution is 5.55. The molecule has 3 heteroatoms. The monoisotopic (exact) mass is 262 g/mol. The first-order valence-corrected chi connectivity index (χ1v) is 7.40. The summed E-state index contributed by atoms with van der Waals surface area (Å²) in [6.07, 6.45) is 2.43. The van der Waals surface area contributed by atoms with Crippen molar-refractivity contribution in [3.8, 4) is 0 Å². The van der Waals surface area contributed by atoms with Crippen LogP contribution in [0.1, 0.15) is 38.2 Å². The Hall–Kier alpha value is -1.06. The summed E-state index contributed by atoms with van der Waals surface area (Å²) in [5, 5.41) is 12.3. The fourth-order valence-corrected chi connectivity index (χ4v) is 2.89. The number of piperidine rings is 1. The number of aliphatic hydroxyl groups excluding tert-OH is 1. The normalized spacial score (nSPS) is 20.0. The maximum atomic E-state index is 8.92. The van der Waals surface area contributed by atoms with E-state index in [1.165, 1.54) is 24.1 Å². The molecule has 0 aliphatic carbocycles. The summed E-state index contributed by atoms with van der Waals surface area (Å²) in [6.45, 7) is 7.61. The van der Waals surface area contributed by atoms with Crippen molar-refractivity contribution in [1.29, 1.82) is 0 Å². The zero-order valence-electron chi connectivity index (χ0n) is 12.1. The number of nitrogens with zero attached hydrogens (tertiary/aromatic N) is 1. The molecule has 1 atom stereocenters. The van der Waals surface area contributed by atoms with Crippen molar-refractivity contribution in [3.05, 3.63) is 29.8 Å². The lowest BCUT2D eigenvalue weighted by Gasteiger charge is -2.36. The molecule has 0 amide bonds. The van der Waals surface area contributed by atoms with Crippen LogP contribution in [0.2, 0.25) is 0 Å². The second-order valence-corrected chi connectivity index (χ2v) is 5.68. The Morgan fingerprint density at radius 2 is 2.16 bits per heavy atom. The molecule has 2 rings (SSSR count). The number of nitrogens with one attached hydrogen (secondary N) is 1. The van der Waals surface area contributed by atoms with E-state index in [1.54, 1.807) is 0 Å². The first-order valence-electron chi connectivity index (χ1n) is 7.40. The van der Waals surface area contributed by atoms with Crippen molar-refractivity contribution in [2.45, 2.75) is 38.6 Å². The summed E-state index contributed by atoms with van der Waals surface area (Å²) >= 11 is 0. The van der Waals surface area contributed by atoms with Gasteiger partial charge in [-0.25, -0.2) is 0 Å². The molecule has 3 nitrogen and oxygen atoms in total. The van der Waals surface area contributed by atoms with Crippen molar-refractivity contribution in [2.75, 3.05) is 31.1 Å². The van der Waals surface area contributed by atoms with Crippen molar-refractivity contribution in [1.82, 2.24) is 5.32 Å². The van der Waals surface area contributed by atoms with Gasteiger partial charge in [0.15, 0.2) is 0 Å². The topological polar surface area (TPSA) is 35.5 Å². The number of aliphatic hydroxyl groups is 1. The largest absolute Gasteiger partial charge is 0.395 e. The van der Waals surface area contributed by atoms with Crippen LogP contribution in [0.25, 0.3) is 0 Å². The van der Waals surface area contributed by atoms with Gasteiger partial charge in [0, 0.05) is 31.4 Å². The average molecular weight is 262 g/mol. The lowest BCUT2D eigenvalue weighted by atomic mass is 9.98. The molecule has 0 radical (unpaired) electrons. The highest BCUT2D eigenvalue weighted by atomic mass is 16.3. The van der Waals surface area contributed by atoms with Gasteiger partial charge in [-0.15, -0.1) is 0 Å². The van der Waals surface area contributed by atoms with Gasteiger partial charge in [0.2, 0.25) is 0 Å². The van der Waals surface area contributed by atoms with Crippen LogP contribution >= 0.6 is 0 Å². The summed E-state index contributed by atoms with van der Waals surface area (Å²) < 4.78 is 0. The Labute approximate surface area is 116 Å². The van der Waals surface area contributed by atoms with E-state index in [4.69, 9.17) is 5.11 Å². The number of benzene rings is 1. The molecule has 1 aliphatic rings. The molecule has 0 spiro atoms. The summed E-state index contributed by atoms with van der Waals surface area (Å²) in [6, 6.07) is 9.24. The second kappa shape index (κ2) is 6.92. The summed E-state index contributed by atoms with van der Waals surface area (Å²) in [7, 11) is 0. The highest BCUT2D eigenvalue weighted by Crippen LogP contribution is 2.29. The van der Waals surface area contributed by atoms with E-state index in [9.17, 15) is 0 Å².